The summed E-state index contributed by atoms with van der Waals surface area (Å²) in [5.74, 6) is 0. The molecule has 1 unspecified atom stereocenters. The predicted octanol–water partition coefficient (Wildman–Crippen LogP) is 2.32. The van der Waals surface area contributed by atoms with Gasteiger partial charge >= 0.3 is 0 Å². The molecule has 4 nitrogen and oxygen atoms in total. The van der Waals surface area contributed by atoms with E-state index in [1.165, 1.54) is 0 Å². The van der Waals surface area contributed by atoms with Crippen LogP contribution >= 0.6 is 0 Å². The highest BCUT2D eigenvalue weighted by atomic mass is 15.3. The lowest BCUT2D eigenvalue weighted by atomic mass is 10.2. The molecule has 0 saturated heterocycles. The van der Waals surface area contributed by atoms with E-state index in [9.17, 15) is 0 Å². The van der Waals surface area contributed by atoms with Crippen molar-refractivity contribution in [1.82, 2.24) is 15.1 Å². The van der Waals surface area contributed by atoms with Gasteiger partial charge in [0, 0.05) is 11.9 Å². The highest BCUT2D eigenvalue weighted by Crippen LogP contribution is 2.13. The molecule has 0 spiro atoms. The first kappa shape index (κ1) is 12.6. The zero-order valence-electron chi connectivity index (χ0n) is 10.6. The van der Waals surface area contributed by atoms with E-state index in [1.54, 1.807) is 0 Å². The largest absolute Gasteiger partial charge is 0.302 e. The maximum atomic E-state index is 9.05. The van der Waals surface area contributed by atoms with Crippen LogP contribution in [-0.4, -0.2) is 22.4 Å². The maximum Gasteiger partial charge on any atom is 0.0970 e. The van der Waals surface area contributed by atoms with Gasteiger partial charge in [-0.25, -0.2) is 0 Å². The Labute approximate surface area is 107 Å². The molecule has 2 aromatic rings. The van der Waals surface area contributed by atoms with Crippen molar-refractivity contribution >= 4 is 10.9 Å². The lowest BCUT2D eigenvalue weighted by Crippen LogP contribution is -2.29. The lowest BCUT2D eigenvalue weighted by Gasteiger charge is -2.10. The van der Waals surface area contributed by atoms with Crippen LogP contribution in [0.15, 0.2) is 30.5 Å². The van der Waals surface area contributed by atoms with Gasteiger partial charge in [-0.15, -0.1) is 0 Å². The summed E-state index contributed by atoms with van der Waals surface area (Å²) >= 11 is 0. The Balaban J connectivity index is 1.99. The molecule has 18 heavy (non-hydrogen) atoms. The topological polar surface area (TPSA) is 53.6 Å². The van der Waals surface area contributed by atoms with Gasteiger partial charge < -0.3 is 5.32 Å². The first-order valence-corrected chi connectivity index (χ1v) is 6.38. The molecule has 0 saturated carbocycles. The van der Waals surface area contributed by atoms with E-state index in [0.717, 1.165) is 36.8 Å². The normalized spacial score (nSPS) is 12.4. The number of nitrogens with one attached hydrogen (secondary N) is 1. The average molecular weight is 242 g/mol. The van der Waals surface area contributed by atoms with Crippen molar-refractivity contribution in [2.45, 2.75) is 32.4 Å². The number of fused-ring (bicyclic) bond motifs is 1. The van der Waals surface area contributed by atoms with Crippen LogP contribution in [-0.2, 0) is 6.54 Å². The monoisotopic (exact) mass is 242 g/mol. The zero-order valence-corrected chi connectivity index (χ0v) is 10.6. The van der Waals surface area contributed by atoms with Crippen LogP contribution in [0.25, 0.3) is 10.9 Å². The second-order valence-electron chi connectivity index (χ2n) is 4.35. The highest BCUT2D eigenvalue weighted by Gasteiger charge is 2.07. The number of nitrogens with zero attached hydrogens (tertiary/aromatic N) is 3. The summed E-state index contributed by atoms with van der Waals surface area (Å²) in [7, 11) is 0. The van der Waals surface area contributed by atoms with Crippen molar-refractivity contribution in [1.29, 1.82) is 5.26 Å². The number of benzene rings is 1. The van der Waals surface area contributed by atoms with Crippen molar-refractivity contribution in [2.75, 3.05) is 6.54 Å². The third-order valence-corrected chi connectivity index (χ3v) is 2.98. The summed E-state index contributed by atoms with van der Waals surface area (Å²) < 4.78 is 1.97. The molecule has 1 aromatic carbocycles. The quantitative estimate of drug-likeness (QED) is 0.845. The van der Waals surface area contributed by atoms with Crippen molar-refractivity contribution < 1.29 is 0 Å². The molecule has 0 bridgehead atoms. The van der Waals surface area contributed by atoms with Gasteiger partial charge in [-0.05, 0) is 25.5 Å². The number of hydrogen-bond donors (Lipinski definition) is 1. The Morgan fingerprint density at radius 1 is 1.44 bits per heavy atom. The molecule has 2 rings (SSSR count). The Kier molecular flexibility index (Phi) is 4.32. The summed E-state index contributed by atoms with van der Waals surface area (Å²) in [6, 6.07) is 10.3. The van der Waals surface area contributed by atoms with Gasteiger partial charge in [0.15, 0.2) is 0 Å². The molecular weight excluding hydrogens is 224 g/mol. The Hall–Kier alpha value is -1.86. The molecule has 4 heteroatoms. The molecule has 0 aliphatic carbocycles. The second kappa shape index (κ2) is 6.18. The van der Waals surface area contributed by atoms with Crippen LogP contribution in [0.3, 0.4) is 0 Å². The summed E-state index contributed by atoms with van der Waals surface area (Å²) in [6.07, 6.45) is 3.70. The predicted molar refractivity (Wildman–Crippen MR) is 72.0 cm³/mol. The number of rotatable bonds is 6. The summed E-state index contributed by atoms with van der Waals surface area (Å²) in [5, 5.41) is 17.8. The first-order chi connectivity index (χ1) is 8.85. The van der Waals surface area contributed by atoms with Crippen LogP contribution in [0.5, 0.6) is 0 Å². The summed E-state index contributed by atoms with van der Waals surface area (Å²) in [4.78, 5) is 0. The van der Waals surface area contributed by atoms with Crippen LogP contribution in [0, 0.1) is 11.3 Å². The van der Waals surface area contributed by atoms with E-state index in [2.05, 4.69) is 35.5 Å². The lowest BCUT2D eigenvalue weighted by molar-refractivity contribution is 0.500. The minimum absolute atomic E-state index is 0.0899. The molecule has 0 fully saturated rings. The molecule has 1 atom stereocenters. The number of para-hydroxylation sites is 1. The van der Waals surface area contributed by atoms with E-state index >= 15 is 0 Å². The molecule has 1 N–H and O–H groups in total. The highest BCUT2D eigenvalue weighted by molar-refractivity contribution is 5.78. The standard InChI is InChI=1S/C14H18N4/c1-2-8-16-13(10-15)7-9-18-14-6-4-3-5-12(14)11-17-18/h3-6,11,13,16H,2,7-9H2,1H3. The molecule has 94 valence electrons. The fourth-order valence-corrected chi connectivity index (χ4v) is 1.99. The first-order valence-electron chi connectivity index (χ1n) is 6.38. The Morgan fingerprint density at radius 2 is 2.28 bits per heavy atom. The fourth-order valence-electron chi connectivity index (χ4n) is 1.99. The van der Waals surface area contributed by atoms with Crippen LogP contribution in [0.1, 0.15) is 19.8 Å². The van der Waals surface area contributed by atoms with E-state index in [0.29, 0.717) is 0 Å². The zero-order chi connectivity index (χ0) is 12.8. The van der Waals surface area contributed by atoms with Crippen molar-refractivity contribution in [3.8, 4) is 6.07 Å². The van der Waals surface area contributed by atoms with Crippen LogP contribution in [0.4, 0.5) is 0 Å². The number of aryl methyl sites for hydroxylation is 1. The molecular formula is C14H18N4. The van der Waals surface area contributed by atoms with E-state index < -0.39 is 0 Å². The SMILES string of the molecule is CCCNC(C#N)CCn1ncc2ccccc21. The van der Waals surface area contributed by atoms with E-state index in [4.69, 9.17) is 5.26 Å². The van der Waals surface area contributed by atoms with E-state index in [1.807, 2.05) is 23.0 Å². The third kappa shape index (κ3) is 2.88. The van der Waals surface area contributed by atoms with Gasteiger partial charge in [-0.2, -0.15) is 10.4 Å². The number of hydrogen-bond acceptors (Lipinski definition) is 3. The van der Waals surface area contributed by atoms with Gasteiger partial charge in [-0.1, -0.05) is 25.1 Å². The average Bonchev–Trinajstić information content (AvgIpc) is 2.82. The number of aromatic nitrogens is 2. The summed E-state index contributed by atoms with van der Waals surface area (Å²) in [6.45, 7) is 3.75. The molecule has 0 radical (unpaired) electrons. The summed E-state index contributed by atoms with van der Waals surface area (Å²) in [5.41, 5.74) is 1.13. The molecule has 1 heterocycles. The van der Waals surface area contributed by atoms with Gasteiger partial charge in [0.2, 0.25) is 0 Å². The molecule has 0 aliphatic heterocycles. The smallest absolute Gasteiger partial charge is 0.0970 e. The van der Waals surface area contributed by atoms with E-state index in [-0.39, 0.29) is 6.04 Å². The van der Waals surface area contributed by atoms with Crippen LogP contribution < -0.4 is 5.32 Å². The van der Waals surface area contributed by atoms with Crippen molar-refractivity contribution in [3.05, 3.63) is 30.5 Å². The Morgan fingerprint density at radius 3 is 3.06 bits per heavy atom. The van der Waals surface area contributed by atoms with Gasteiger partial charge in [-0.3, -0.25) is 4.68 Å². The van der Waals surface area contributed by atoms with Gasteiger partial charge in [0.05, 0.1) is 23.8 Å². The minimum Gasteiger partial charge on any atom is -0.302 e. The molecule has 0 aliphatic rings. The van der Waals surface area contributed by atoms with Crippen molar-refractivity contribution in [3.63, 3.8) is 0 Å². The molecule has 0 amide bonds. The third-order valence-electron chi connectivity index (χ3n) is 2.98. The molecule has 1 aromatic heterocycles. The van der Waals surface area contributed by atoms with Gasteiger partial charge in [0.25, 0.3) is 0 Å². The number of nitriles is 1. The second-order valence-corrected chi connectivity index (χ2v) is 4.35. The van der Waals surface area contributed by atoms with Gasteiger partial charge in [0.1, 0.15) is 0 Å². The Bertz CT molecular complexity index is 538. The van der Waals surface area contributed by atoms with Crippen molar-refractivity contribution in [2.24, 2.45) is 0 Å². The van der Waals surface area contributed by atoms with Crippen LogP contribution in [0.2, 0.25) is 0 Å². The fraction of sp³-hybridized carbons (Fsp3) is 0.429. The maximum absolute atomic E-state index is 9.05. The minimum atomic E-state index is -0.0899.